The first kappa shape index (κ1) is 20.8. The molecular weight excluding hydrogens is 395 g/mol. The van der Waals surface area contributed by atoms with Gasteiger partial charge in [0.2, 0.25) is 11.8 Å². The molecule has 31 heavy (non-hydrogen) atoms. The van der Waals surface area contributed by atoms with Crippen molar-refractivity contribution in [3.63, 3.8) is 0 Å². The number of para-hydroxylation sites is 1. The predicted molar refractivity (Wildman–Crippen MR) is 117 cm³/mol. The summed E-state index contributed by atoms with van der Waals surface area (Å²) in [6.45, 7) is 6.19. The minimum absolute atomic E-state index is 0.0996. The van der Waals surface area contributed by atoms with Gasteiger partial charge in [0.05, 0.1) is 6.54 Å². The quantitative estimate of drug-likeness (QED) is 0.465. The lowest BCUT2D eigenvalue weighted by atomic mass is 9.97. The Bertz CT molecular complexity index is 1200. The molecule has 2 aromatic carbocycles. The van der Waals surface area contributed by atoms with Gasteiger partial charge in [0.15, 0.2) is 5.82 Å². The normalized spacial score (nSPS) is 11.7. The molecular formula is C24H25FN4O2. The van der Waals surface area contributed by atoms with Gasteiger partial charge < -0.3 is 14.8 Å². The van der Waals surface area contributed by atoms with Crippen molar-refractivity contribution in [1.82, 2.24) is 20.4 Å². The molecule has 7 heteroatoms. The summed E-state index contributed by atoms with van der Waals surface area (Å²) in [5.41, 5.74) is 3.57. The van der Waals surface area contributed by atoms with Gasteiger partial charge in [0.1, 0.15) is 5.82 Å². The molecule has 0 atom stereocenters. The zero-order valence-electron chi connectivity index (χ0n) is 17.8. The lowest BCUT2D eigenvalue weighted by Gasteiger charge is -2.10. The minimum Gasteiger partial charge on any atom is -0.354 e. The maximum absolute atomic E-state index is 13.4. The minimum atomic E-state index is -0.281. The summed E-state index contributed by atoms with van der Waals surface area (Å²) in [5, 5.41) is 7.85. The Morgan fingerprint density at radius 1 is 1.13 bits per heavy atom. The molecule has 0 bridgehead atoms. The van der Waals surface area contributed by atoms with Crippen LogP contribution >= 0.6 is 0 Å². The lowest BCUT2D eigenvalue weighted by molar-refractivity contribution is -0.121. The van der Waals surface area contributed by atoms with E-state index in [0.717, 1.165) is 27.7 Å². The maximum Gasteiger partial charge on any atom is 0.232 e. The number of aromatic nitrogens is 3. The van der Waals surface area contributed by atoms with Crippen LogP contribution in [-0.2, 0) is 23.2 Å². The standard InChI is InChI=1S/C24H25FN4O2/c1-24(2,3)23-28-20(29-31-23)14-26-21(30)13-12-18-17-6-4-5-7-19(17)27-22(18)15-8-10-16(25)11-9-15/h4-11,27H,12-14H2,1-3H3,(H,26,30). The first-order chi connectivity index (χ1) is 14.8. The second kappa shape index (κ2) is 8.34. The van der Waals surface area contributed by atoms with Crippen molar-refractivity contribution in [3.8, 4) is 11.3 Å². The number of fused-ring (bicyclic) bond motifs is 1. The molecule has 0 fully saturated rings. The summed E-state index contributed by atoms with van der Waals surface area (Å²) in [7, 11) is 0. The van der Waals surface area contributed by atoms with Crippen molar-refractivity contribution in [1.29, 1.82) is 0 Å². The molecule has 0 spiro atoms. The highest BCUT2D eigenvalue weighted by atomic mass is 19.1. The van der Waals surface area contributed by atoms with Crippen LogP contribution in [0.5, 0.6) is 0 Å². The van der Waals surface area contributed by atoms with Gasteiger partial charge in [-0.05, 0) is 47.9 Å². The molecule has 2 heterocycles. The van der Waals surface area contributed by atoms with Gasteiger partial charge in [-0.25, -0.2) is 4.39 Å². The molecule has 0 saturated heterocycles. The van der Waals surface area contributed by atoms with E-state index in [4.69, 9.17) is 4.52 Å². The Labute approximate surface area is 179 Å². The largest absolute Gasteiger partial charge is 0.354 e. The Morgan fingerprint density at radius 2 is 1.87 bits per heavy atom. The number of carbonyl (C=O) groups excluding carboxylic acids is 1. The fourth-order valence-electron chi connectivity index (χ4n) is 3.46. The molecule has 1 amide bonds. The number of nitrogens with one attached hydrogen (secondary N) is 2. The number of H-pyrrole nitrogens is 1. The molecule has 0 aliphatic rings. The van der Waals surface area contributed by atoms with Gasteiger partial charge >= 0.3 is 0 Å². The molecule has 4 rings (SSSR count). The Morgan fingerprint density at radius 3 is 2.58 bits per heavy atom. The summed E-state index contributed by atoms with van der Waals surface area (Å²) >= 11 is 0. The highest BCUT2D eigenvalue weighted by Gasteiger charge is 2.22. The van der Waals surface area contributed by atoms with Crippen LogP contribution in [0.1, 0.15) is 44.5 Å². The molecule has 4 aromatic rings. The Hall–Kier alpha value is -3.48. The number of aromatic amines is 1. The number of rotatable bonds is 6. The molecule has 2 N–H and O–H groups in total. The Balaban J connectivity index is 1.47. The van der Waals surface area contributed by atoms with Gasteiger partial charge in [-0.3, -0.25) is 4.79 Å². The molecule has 160 valence electrons. The van der Waals surface area contributed by atoms with E-state index in [0.29, 0.717) is 24.6 Å². The van der Waals surface area contributed by atoms with Crippen LogP contribution in [0.25, 0.3) is 22.2 Å². The topological polar surface area (TPSA) is 83.8 Å². The van der Waals surface area contributed by atoms with Crippen LogP contribution in [0, 0.1) is 5.82 Å². The summed E-state index contributed by atoms with van der Waals surface area (Å²) in [5.74, 6) is 0.617. The van der Waals surface area contributed by atoms with Crippen molar-refractivity contribution in [3.05, 3.63) is 71.6 Å². The average molecular weight is 420 g/mol. The number of nitrogens with zero attached hydrogens (tertiary/aromatic N) is 2. The average Bonchev–Trinajstić information content (AvgIpc) is 3.36. The van der Waals surface area contributed by atoms with E-state index in [9.17, 15) is 9.18 Å². The number of benzene rings is 2. The van der Waals surface area contributed by atoms with E-state index in [-0.39, 0.29) is 23.7 Å². The summed E-state index contributed by atoms with van der Waals surface area (Å²) in [6.07, 6.45) is 0.849. The first-order valence-corrected chi connectivity index (χ1v) is 10.3. The summed E-state index contributed by atoms with van der Waals surface area (Å²) in [6, 6.07) is 14.3. The van der Waals surface area contributed by atoms with Gasteiger partial charge in [0, 0.05) is 28.4 Å². The zero-order chi connectivity index (χ0) is 22.0. The molecule has 0 aliphatic heterocycles. The number of halogens is 1. The Kier molecular flexibility index (Phi) is 5.59. The third-order valence-corrected chi connectivity index (χ3v) is 5.10. The van der Waals surface area contributed by atoms with Crippen LogP contribution in [0.4, 0.5) is 4.39 Å². The van der Waals surface area contributed by atoms with E-state index in [1.165, 1.54) is 12.1 Å². The predicted octanol–water partition coefficient (Wildman–Crippen LogP) is 4.90. The fourth-order valence-corrected chi connectivity index (χ4v) is 3.46. The van der Waals surface area contributed by atoms with Crippen molar-refractivity contribution in [2.45, 2.75) is 45.6 Å². The number of carbonyl (C=O) groups is 1. The maximum atomic E-state index is 13.4. The molecule has 0 unspecified atom stereocenters. The monoisotopic (exact) mass is 420 g/mol. The van der Waals surface area contributed by atoms with Crippen LogP contribution in [0.2, 0.25) is 0 Å². The van der Waals surface area contributed by atoms with Crippen LogP contribution in [0.15, 0.2) is 53.1 Å². The van der Waals surface area contributed by atoms with Crippen molar-refractivity contribution in [2.75, 3.05) is 0 Å². The molecule has 6 nitrogen and oxygen atoms in total. The van der Waals surface area contributed by atoms with E-state index >= 15 is 0 Å². The van der Waals surface area contributed by atoms with Gasteiger partial charge in [0.25, 0.3) is 0 Å². The summed E-state index contributed by atoms with van der Waals surface area (Å²) < 4.78 is 18.6. The van der Waals surface area contributed by atoms with Gasteiger partial charge in [-0.15, -0.1) is 0 Å². The molecule has 0 aliphatic carbocycles. The molecule has 2 aromatic heterocycles. The second-order valence-corrected chi connectivity index (χ2v) is 8.57. The molecule has 0 radical (unpaired) electrons. The van der Waals surface area contributed by atoms with Crippen molar-refractivity contribution < 1.29 is 13.7 Å². The third kappa shape index (κ3) is 4.66. The summed E-state index contributed by atoms with van der Waals surface area (Å²) in [4.78, 5) is 20.2. The molecule has 0 saturated carbocycles. The number of amides is 1. The highest BCUT2D eigenvalue weighted by molar-refractivity contribution is 5.91. The van der Waals surface area contributed by atoms with Crippen molar-refractivity contribution in [2.24, 2.45) is 0 Å². The smallest absolute Gasteiger partial charge is 0.232 e. The van der Waals surface area contributed by atoms with Gasteiger partial charge in [-0.1, -0.05) is 44.1 Å². The number of aryl methyl sites for hydroxylation is 1. The van der Waals surface area contributed by atoms with E-state index < -0.39 is 0 Å². The van der Waals surface area contributed by atoms with Crippen LogP contribution in [0.3, 0.4) is 0 Å². The number of hydrogen-bond acceptors (Lipinski definition) is 4. The highest BCUT2D eigenvalue weighted by Crippen LogP contribution is 2.31. The SMILES string of the molecule is CC(C)(C)c1nc(CNC(=O)CCc2c(-c3ccc(F)cc3)[nH]c3ccccc23)no1. The zero-order valence-corrected chi connectivity index (χ0v) is 17.8. The van der Waals surface area contributed by atoms with Crippen LogP contribution < -0.4 is 5.32 Å². The van der Waals surface area contributed by atoms with E-state index in [2.05, 4.69) is 20.4 Å². The number of hydrogen-bond donors (Lipinski definition) is 2. The first-order valence-electron chi connectivity index (χ1n) is 10.3. The lowest BCUT2D eigenvalue weighted by Crippen LogP contribution is -2.23. The second-order valence-electron chi connectivity index (χ2n) is 8.57. The van der Waals surface area contributed by atoms with Crippen LogP contribution in [-0.4, -0.2) is 21.0 Å². The fraction of sp³-hybridized carbons (Fsp3) is 0.292. The van der Waals surface area contributed by atoms with Crippen molar-refractivity contribution >= 4 is 16.8 Å². The van der Waals surface area contributed by atoms with Gasteiger partial charge in [-0.2, -0.15) is 4.98 Å². The third-order valence-electron chi connectivity index (χ3n) is 5.10. The van der Waals surface area contributed by atoms with E-state index in [1.807, 2.05) is 45.0 Å². The van der Waals surface area contributed by atoms with E-state index in [1.54, 1.807) is 12.1 Å².